The van der Waals surface area contributed by atoms with E-state index in [1.807, 2.05) is 38.1 Å². The van der Waals surface area contributed by atoms with Gasteiger partial charge in [-0.05, 0) is 49.7 Å². The first-order valence-corrected chi connectivity index (χ1v) is 9.15. The van der Waals surface area contributed by atoms with Crippen molar-refractivity contribution in [3.8, 4) is 28.8 Å². The number of nitrogens with zero attached hydrogens (tertiary/aromatic N) is 2. The number of benzene rings is 2. The maximum atomic E-state index is 12.4. The van der Waals surface area contributed by atoms with Crippen LogP contribution < -0.4 is 14.8 Å². The van der Waals surface area contributed by atoms with Crippen molar-refractivity contribution in [2.45, 2.75) is 26.3 Å². The Morgan fingerprint density at radius 3 is 2.57 bits per heavy atom. The molecule has 1 heterocycles. The molecule has 0 aliphatic rings. The molecule has 1 aromatic heterocycles. The topological polar surface area (TPSA) is 73.3 Å². The molecule has 0 aliphatic heterocycles. The molecule has 6 heteroatoms. The SMILES string of the molecule is CC[C@H](C)NC(=O)c1cccc(-c2nccc(Oc3ccc(OC)cc3)n2)c1. The van der Waals surface area contributed by atoms with Crippen LogP contribution in [0.25, 0.3) is 11.4 Å². The van der Waals surface area contributed by atoms with Crippen molar-refractivity contribution >= 4 is 5.91 Å². The first-order chi connectivity index (χ1) is 13.6. The Hall–Kier alpha value is -3.41. The van der Waals surface area contributed by atoms with Crippen molar-refractivity contribution in [3.63, 3.8) is 0 Å². The van der Waals surface area contributed by atoms with Crippen LogP contribution in [0.2, 0.25) is 0 Å². The summed E-state index contributed by atoms with van der Waals surface area (Å²) >= 11 is 0. The van der Waals surface area contributed by atoms with Gasteiger partial charge in [-0.25, -0.2) is 4.98 Å². The summed E-state index contributed by atoms with van der Waals surface area (Å²) in [6, 6.07) is 16.3. The standard InChI is InChI=1S/C22H23N3O3/c1-4-15(2)24-22(26)17-7-5-6-16(14-17)21-23-13-12-20(25-21)28-19-10-8-18(27-3)9-11-19/h5-15H,4H2,1-3H3,(H,24,26)/t15-/m0/s1. The van der Waals surface area contributed by atoms with Crippen LogP contribution in [0.4, 0.5) is 0 Å². The lowest BCUT2D eigenvalue weighted by molar-refractivity contribution is 0.0939. The molecule has 1 atom stereocenters. The molecular weight excluding hydrogens is 354 g/mol. The predicted octanol–water partition coefficient (Wildman–Crippen LogP) is 4.47. The normalized spacial score (nSPS) is 11.5. The fourth-order valence-corrected chi connectivity index (χ4v) is 2.51. The van der Waals surface area contributed by atoms with Gasteiger partial charge in [0.25, 0.3) is 5.91 Å². The zero-order valence-electron chi connectivity index (χ0n) is 16.2. The molecule has 0 fully saturated rings. The number of methoxy groups -OCH3 is 1. The maximum Gasteiger partial charge on any atom is 0.251 e. The number of aromatic nitrogens is 2. The number of hydrogen-bond acceptors (Lipinski definition) is 5. The Bertz CT molecular complexity index is 942. The summed E-state index contributed by atoms with van der Waals surface area (Å²) in [5.41, 5.74) is 1.32. The summed E-state index contributed by atoms with van der Waals surface area (Å²) in [6.07, 6.45) is 2.51. The molecule has 0 bridgehead atoms. The van der Waals surface area contributed by atoms with Crippen LogP contribution in [0.1, 0.15) is 30.6 Å². The number of amides is 1. The fraction of sp³-hybridized carbons (Fsp3) is 0.227. The van der Waals surface area contributed by atoms with Gasteiger partial charge in [-0.1, -0.05) is 19.1 Å². The third-order valence-corrected chi connectivity index (χ3v) is 4.28. The summed E-state index contributed by atoms with van der Waals surface area (Å²) in [7, 11) is 1.61. The lowest BCUT2D eigenvalue weighted by atomic mass is 10.1. The highest BCUT2D eigenvalue weighted by Gasteiger charge is 2.11. The van der Waals surface area contributed by atoms with E-state index in [0.717, 1.165) is 17.7 Å². The molecule has 144 valence electrons. The lowest BCUT2D eigenvalue weighted by Crippen LogP contribution is -2.31. The molecule has 28 heavy (non-hydrogen) atoms. The van der Waals surface area contributed by atoms with Gasteiger partial charge in [-0.2, -0.15) is 4.98 Å². The molecular formula is C22H23N3O3. The van der Waals surface area contributed by atoms with E-state index in [9.17, 15) is 4.79 Å². The minimum absolute atomic E-state index is 0.109. The monoisotopic (exact) mass is 377 g/mol. The number of carbonyl (C=O) groups excluding carboxylic acids is 1. The van der Waals surface area contributed by atoms with Gasteiger partial charge in [-0.3, -0.25) is 4.79 Å². The van der Waals surface area contributed by atoms with E-state index in [2.05, 4.69) is 15.3 Å². The second-order valence-corrected chi connectivity index (χ2v) is 6.36. The molecule has 0 unspecified atom stereocenters. The van der Waals surface area contributed by atoms with Crippen LogP contribution in [-0.4, -0.2) is 29.0 Å². The van der Waals surface area contributed by atoms with Crippen molar-refractivity contribution in [2.24, 2.45) is 0 Å². The summed E-state index contributed by atoms with van der Waals surface area (Å²) in [6.45, 7) is 4.01. The van der Waals surface area contributed by atoms with Gasteiger partial charge >= 0.3 is 0 Å². The molecule has 1 amide bonds. The number of ether oxygens (including phenoxy) is 2. The highest BCUT2D eigenvalue weighted by atomic mass is 16.5. The average molecular weight is 377 g/mol. The Morgan fingerprint density at radius 1 is 1.11 bits per heavy atom. The number of carbonyl (C=O) groups is 1. The smallest absolute Gasteiger partial charge is 0.251 e. The van der Waals surface area contributed by atoms with Crippen LogP contribution in [0.15, 0.2) is 60.8 Å². The van der Waals surface area contributed by atoms with Crippen LogP contribution in [0, 0.1) is 0 Å². The highest BCUT2D eigenvalue weighted by molar-refractivity contribution is 5.95. The van der Waals surface area contributed by atoms with Crippen LogP contribution in [-0.2, 0) is 0 Å². The lowest BCUT2D eigenvalue weighted by Gasteiger charge is -2.12. The number of hydrogen-bond donors (Lipinski definition) is 1. The van der Waals surface area contributed by atoms with Gasteiger partial charge in [0, 0.05) is 29.4 Å². The average Bonchev–Trinajstić information content (AvgIpc) is 2.74. The quantitative estimate of drug-likeness (QED) is 0.657. The van der Waals surface area contributed by atoms with Crippen molar-refractivity contribution in [3.05, 3.63) is 66.4 Å². The fourth-order valence-electron chi connectivity index (χ4n) is 2.51. The molecule has 1 N–H and O–H groups in total. The first kappa shape index (κ1) is 19.4. The molecule has 3 aromatic rings. The summed E-state index contributed by atoms with van der Waals surface area (Å²) in [5.74, 6) is 2.20. The predicted molar refractivity (Wildman–Crippen MR) is 108 cm³/mol. The summed E-state index contributed by atoms with van der Waals surface area (Å²) in [4.78, 5) is 21.1. The van der Waals surface area contributed by atoms with Gasteiger partial charge in [0.15, 0.2) is 5.82 Å². The van der Waals surface area contributed by atoms with E-state index in [0.29, 0.717) is 23.0 Å². The summed E-state index contributed by atoms with van der Waals surface area (Å²) < 4.78 is 10.9. The molecule has 0 radical (unpaired) electrons. The van der Waals surface area contributed by atoms with Gasteiger partial charge < -0.3 is 14.8 Å². The first-order valence-electron chi connectivity index (χ1n) is 9.15. The molecule has 2 aromatic carbocycles. The van der Waals surface area contributed by atoms with E-state index in [1.165, 1.54) is 0 Å². The molecule has 6 nitrogen and oxygen atoms in total. The Labute approximate surface area is 164 Å². The van der Waals surface area contributed by atoms with Crippen LogP contribution in [0.3, 0.4) is 0 Å². The Balaban J connectivity index is 1.79. The third kappa shape index (κ3) is 4.85. The van der Waals surface area contributed by atoms with Crippen molar-refractivity contribution in [2.75, 3.05) is 7.11 Å². The third-order valence-electron chi connectivity index (χ3n) is 4.28. The van der Waals surface area contributed by atoms with E-state index in [1.54, 1.807) is 43.6 Å². The Morgan fingerprint density at radius 2 is 1.86 bits per heavy atom. The molecule has 0 spiro atoms. The van der Waals surface area contributed by atoms with E-state index >= 15 is 0 Å². The minimum atomic E-state index is -0.109. The molecule has 0 saturated carbocycles. The Kier molecular flexibility index (Phi) is 6.22. The zero-order valence-corrected chi connectivity index (χ0v) is 16.2. The van der Waals surface area contributed by atoms with E-state index < -0.39 is 0 Å². The van der Waals surface area contributed by atoms with Crippen molar-refractivity contribution in [1.82, 2.24) is 15.3 Å². The number of nitrogens with one attached hydrogen (secondary N) is 1. The van der Waals surface area contributed by atoms with Crippen LogP contribution in [0.5, 0.6) is 17.4 Å². The van der Waals surface area contributed by atoms with Gasteiger partial charge in [-0.15, -0.1) is 0 Å². The highest BCUT2D eigenvalue weighted by Crippen LogP contribution is 2.24. The van der Waals surface area contributed by atoms with Crippen LogP contribution >= 0.6 is 0 Å². The van der Waals surface area contributed by atoms with E-state index in [-0.39, 0.29) is 11.9 Å². The second kappa shape index (κ2) is 8.99. The largest absolute Gasteiger partial charge is 0.497 e. The molecule has 3 rings (SSSR count). The van der Waals surface area contributed by atoms with Gasteiger partial charge in [0.1, 0.15) is 11.5 Å². The molecule has 0 aliphatic carbocycles. The number of rotatable bonds is 7. The zero-order chi connectivity index (χ0) is 19.9. The minimum Gasteiger partial charge on any atom is -0.497 e. The van der Waals surface area contributed by atoms with E-state index in [4.69, 9.17) is 9.47 Å². The second-order valence-electron chi connectivity index (χ2n) is 6.36. The maximum absolute atomic E-state index is 12.4. The van der Waals surface area contributed by atoms with Crippen molar-refractivity contribution in [1.29, 1.82) is 0 Å². The van der Waals surface area contributed by atoms with Gasteiger partial charge in [0.05, 0.1) is 7.11 Å². The van der Waals surface area contributed by atoms with Gasteiger partial charge in [0.2, 0.25) is 5.88 Å². The molecule has 0 saturated heterocycles. The van der Waals surface area contributed by atoms with Crippen molar-refractivity contribution < 1.29 is 14.3 Å². The summed E-state index contributed by atoms with van der Waals surface area (Å²) in [5, 5.41) is 2.96.